The summed E-state index contributed by atoms with van der Waals surface area (Å²) in [7, 11) is 1.59. The van der Waals surface area contributed by atoms with E-state index in [1.807, 2.05) is 30.3 Å². The van der Waals surface area contributed by atoms with Crippen LogP contribution >= 0.6 is 11.5 Å². The van der Waals surface area contributed by atoms with E-state index in [1.54, 1.807) is 62.6 Å². The Labute approximate surface area is 270 Å². The van der Waals surface area contributed by atoms with Crippen LogP contribution in [0.5, 0.6) is 11.5 Å². The Morgan fingerprint density at radius 3 is 2.07 bits per heavy atom. The molecule has 4 aromatic rings. The van der Waals surface area contributed by atoms with Gasteiger partial charge in [0.15, 0.2) is 0 Å². The molecule has 0 bridgehead atoms. The number of esters is 1. The van der Waals surface area contributed by atoms with Crippen molar-refractivity contribution in [3.63, 3.8) is 0 Å². The fourth-order valence-corrected chi connectivity index (χ4v) is 5.62. The number of methoxy groups -OCH3 is 1. The summed E-state index contributed by atoms with van der Waals surface area (Å²) in [5.41, 5.74) is 8.15. The van der Waals surface area contributed by atoms with Crippen LogP contribution in [-0.2, 0) is 14.4 Å². The molecule has 1 fully saturated rings. The van der Waals surface area contributed by atoms with Crippen molar-refractivity contribution in [3.8, 4) is 22.8 Å². The first-order valence-electron chi connectivity index (χ1n) is 14.8. The minimum absolute atomic E-state index is 0.130. The highest BCUT2D eigenvalue weighted by Gasteiger charge is 2.31. The number of carbonyl (C=O) groups is 4. The Morgan fingerprint density at radius 2 is 1.41 bits per heavy atom. The number of aromatic nitrogens is 2. The number of carbonyl (C=O) groups excluding carboxylic acids is 4. The third-order valence-corrected chi connectivity index (χ3v) is 8.40. The van der Waals surface area contributed by atoms with E-state index in [0.29, 0.717) is 41.9 Å². The highest BCUT2D eigenvalue weighted by molar-refractivity contribution is 7.08. The van der Waals surface area contributed by atoms with Crippen LogP contribution in [0.3, 0.4) is 0 Å². The molecule has 1 heterocycles. The number of hydrogen-bond acceptors (Lipinski definition) is 10. The second kappa shape index (κ2) is 15.1. The number of benzene rings is 3. The van der Waals surface area contributed by atoms with E-state index in [9.17, 15) is 19.2 Å². The van der Waals surface area contributed by atoms with Gasteiger partial charge in [-0.25, -0.2) is 4.79 Å². The number of anilines is 2. The summed E-state index contributed by atoms with van der Waals surface area (Å²) in [5.74, 6) is -0.872. The van der Waals surface area contributed by atoms with Crippen molar-refractivity contribution in [2.75, 3.05) is 17.9 Å². The smallest absolute Gasteiger partial charge is 0.333 e. The van der Waals surface area contributed by atoms with E-state index >= 15 is 0 Å². The number of nitrogens with one attached hydrogen (secondary N) is 4. The standard InChI is InChI=1S/C33H34N6O6S/c1-20(34-30(40)22-8-10-23(11-9-22)31(41)38-36-25-14-16-26(44-2)17-15-25)33(43)45-27-18-12-24(13-19-27)35-32(42)29-28(37-39-46-29)21-6-4-3-5-7-21/h3-7,12-20,22-23,36H,8-11H2,1-2H3,(H,34,40)(H,35,42)(H,38,41)/t20-,22?,23?/m0/s1. The zero-order valence-corrected chi connectivity index (χ0v) is 26.1. The van der Waals surface area contributed by atoms with E-state index in [0.717, 1.165) is 28.5 Å². The topological polar surface area (TPSA) is 161 Å². The first-order chi connectivity index (χ1) is 22.3. The van der Waals surface area contributed by atoms with Crippen LogP contribution in [-0.4, -0.2) is 46.4 Å². The molecule has 4 N–H and O–H groups in total. The molecule has 1 aliphatic carbocycles. The van der Waals surface area contributed by atoms with E-state index in [2.05, 4.69) is 31.1 Å². The van der Waals surface area contributed by atoms with Gasteiger partial charge in [-0.05, 0) is 92.7 Å². The Balaban J connectivity index is 1.04. The van der Waals surface area contributed by atoms with Gasteiger partial charge in [0, 0.05) is 23.1 Å². The normalized spacial score (nSPS) is 16.4. The van der Waals surface area contributed by atoms with E-state index < -0.39 is 12.0 Å². The lowest BCUT2D eigenvalue weighted by atomic mass is 9.81. The minimum Gasteiger partial charge on any atom is -0.497 e. The van der Waals surface area contributed by atoms with Crippen molar-refractivity contribution in [2.24, 2.45) is 11.8 Å². The Hall–Kier alpha value is -5.30. The first kappa shape index (κ1) is 32.1. The van der Waals surface area contributed by atoms with Crippen molar-refractivity contribution < 1.29 is 28.7 Å². The molecule has 0 radical (unpaired) electrons. The lowest BCUT2D eigenvalue weighted by Crippen LogP contribution is -2.45. The number of rotatable bonds is 11. The summed E-state index contributed by atoms with van der Waals surface area (Å²) in [4.78, 5) is 51.4. The van der Waals surface area contributed by atoms with Crippen LogP contribution in [0.1, 0.15) is 42.3 Å². The van der Waals surface area contributed by atoms with Crippen molar-refractivity contribution in [1.29, 1.82) is 0 Å². The highest BCUT2D eigenvalue weighted by Crippen LogP contribution is 2.30. The third kappa shape index (κ3) is 8.24. The molecular formula is C33H34N6O6S. The van der Waals surface area contributed by atoms with Crippen LogP contribution in [0.25, 0.3) is 11.3 Å². The van der Waals surface area contributed by atoms with Crippen molar-refractivity contribution in [3.05, 3.63) is 83.7 Å². The molecule has 3 amide bonds. The molecular weight excluding hydrogens is 608 g/mol. The van der Waals surface area contributed by atoms with Crippen LogP contribution < -0.4 is 31.0 Å². The number of hydrogen-bond donors (Lipinski definition) is 4. The zero-order valence-electron chi connectivity index (χ0n) is 25.3. The average molecular weight is 643 g/mol. The molecule has 13 heteroatoms. The largest absolute Gasteiger partial charge is 0.497 e. The van der Waals surface area contributed by atoms with Gasteiger partial charge in [-0.2, -0.15) is 0 Å². The molecule has 0 unspecified atom stereocenters. The Morgan fingerprint density at radius 1 is 0.804 bits per heavy atom. The van der Waals surface area contributed by atoms with Gasteiger partial charge in [-0.3, -0.25) is 25.2 Å². The van der Waals surface area contributed by atoms with Crippen molar-refractivity contribution in [2.45, 2.75) is 38.6 Å². The number of ether oxygens (including phenoxy) is 2. The quantitative estimate of drug-likeness (QED) is 0.102. The van der Waals surface area contributed by atoms with E-state index in [-0.39, 0.29) is 35.3 Å². The second-order valence-electron chi connectivity index (χ2n) is 10.8. The average Bonchev–Trinajstić information content (AvgIpc) is 3.59. The third-order valence-electron chi connectivity index (χ3n) is 7.67. The van der Waals surface area contributed by atoms with Gasteiger partial charge in [0.1, 0.15) is 28.1 Å². The maximum Gasteiger partial charge on any atom is 0.333 e. The molecule has 1 atom stereocenters. The number of hydrazine groups is 1. The number of amides is 3. The maximum atomic E-state index is 12.9. The lowest BCUT2D eigenvalue weighted by Gasteiger charge is -2.28. The summed E-state index contributed by atoms with van der Waals surface area (Å²) >= 11 is 1.00. The van der Waals surface area contributed by atoms with Gasteiger partial charge in [-0.1, -0.05) is 34.8 Å². The van der Waals surface area contributed by atoms with E-state index in [4.69, 9.17) is 9.47 Å². The molecule has 0 spiro atoms. The second-order valence-corrected chi connectivity index (χ2v) is 11.6. The Bertz CT molecular complexity index is 1650. The van der Waals surface area contributed by atoms with Crippen LogP contribution in [0, 0.1) is 11.8 Å². The highest BCUT2D eigenvalue weighted by atomic mass is 32.1. The molecule has 3 aromatic carbocycles. The molecule has 1 aromatic heterocycles. The number of nitrogens with zero attached hydrogens (tertiary/aromatic N) is 2. The summed E-state index contributed by atoms with van der Waals surface area (Å²) < 4.78 is 14.5. The fourth-order valence-electron chi connectivity index (χ4n) is 5.04. The first-order valence-corrected chi connectivity index (χ1v) is 15.6. The molecule has 0 saturated heterocycles. The lowest BCUT2D eigenvalue weighted by molar-refractivity contribution is -0.140. The zero-order chi connectivity index (χ0) is 32.5. The molecule has 46 heavy (non-hydrogen) atoms. The van der Waals surface area contributed by atoms with Gasteiger partial charge in [0.05, 0.1) is 12.8 Å². The summed E-state index contributed by atoms with van der Waals surface area (Å²) in [6.07, 6.45) is 2.18. The molecule has 0 aliphatic heterocycles. The van der Waals surface area contributed by atoms with Gasteiger partial charge in [-0.15, -0.1) is 5.10 Å². The van der Waals surface area contributed by atoms with Gasteiger partial charge >= 0.3 is 5.97 Å². The summed E-state index contributed by atoms with van der Waals surface area (Å²) in [6, 6.07) is 22.0. The fraction of sp³-hybridized carbons (Fsp3) is 0.273. The summed E-state index contributed by atoms with van der Waals surface area (Å²) in [5, 5.41) is 9.64. The summed E-state index contributed by atoms with van der Waals surface area (Å²) in [6.45, 7) is 1.56. The molecule has 12 nitrogen and oxygen atoms in total. The molecule has 5 rings (SSSR count). The van der Waals surface area contributed by atoms with Crippen LogP contribution in [0.4, 0.5) is 11.4 Å². The van der Waals surface area contributed by atoms with Gasteiger partial charge < -0.3 is 20.1 Å². The van der Waals surface area contributed by atoms with Gasteiger partial charge in [0.25, 0.3) is 5.91 Å². The van der Waals surface area contributed by atoms with Crippen molar-refractivity contribution >= 4 is 46.6 Å². The predicted molar refractivity (Wildman–Crippen MR) is 173 cm³/mol. The SMILES string of the molecule is COc1ccc(NNC(=O)C2CCC(C(=O)N[C@@H](C)C(=O)Oc3ccc(NC(=O)c4snnc4-c4ccccc4)cc3)CC2)cc1. The maximum absolute atomic E-state index is 12.9. The Kier molecular flexibility index (Phi) is 10.6. The minimum atomic E-state index is -0.878. The molecule has 238 valence electrons. The molecule has 1 aliphatic rings. The van der Waals surface area contributed by atoms with Crippen LogP contribution in [0.2, 0.25) is 0 Å². The van der Waals surface area contributed by atoms with Crippen LogP contribution in [0.15, 0.2) is 78.9 Å². The van der Waals surface area contributed by atoms with E-state index in [1.165, 1.54) is 0 Å². The monoisotopic (exact) mass is 642 g/mol. The molecule has 1 saturated carbocycles. The van der Waals surface area contributed by atoms with Crippen molar-refractivity contribution in [1.82, 2.24) is 20.3 Å². The predicted octanol–water partition coefficient (Wildman–Crippen LogP) is 4.83. The van der Waals surface area contributed by atoms with Gasteiger partial charge in [0.2, 0.25) is 11.8 Å².